The molecule has 7 heteroatoms. The van der Waals surface area contributed by atoms with Crippen LogP contribution in [0.5, 0.6) is 0 Å². The van der Waals surface area contributed by atoms with E-state index in [1.54, 1.807) is 27.0 Å². The third kappa shape index (κ3) is 8.19. The molecule has 0 aliphatic rings. The monoisotopic (exact) mass is 279 g/mol. The van der Waals surface area contributed by atoms with Crippen molar-refractivity contribution in [2.24, 2.45) is 0 Å². The summed E-state index contributed by atoms with van der Waals surface area (Å²) < 4.78 is 14.7. The molecule has 0 saturated carbocycles. The van der Waals surface area contributed by atoms with Gasteiger partial charge < -0.3 is 19.0 Å². The fourth-order valence-corrected chi connectivity index (χ4v) is 1.35. The lowest BCUT2D eigenvalue weighted by molar-refractivity contribution is -0.143. The van der Waals surface area contributed by atoms with E-state index in [9.17, 15) is 9.59 Å². The van der Waals surface area contributed by atoms with E-state index in [1.165, 1.54) is 19.2 Å². The van der Waals surface area contributed by atoms with E-state index in [4.69, 9.17) is 8.92 Å². The second-order valence-corrected chi connectivity index (χ2v) is 5.07. The van der Waals surface area contributed by atoms with Crippen LogP contribution >= 0.6 is 12.0 Å². The molecule has 1 amide bonds. The molecule has 0 bridgehead atoms. The Hall–Kier alpha value is -0.950. The van der Waals surface area contributed by atoms with Crippen molar-refractivity contribution in [3.05, 3.63) is 0 Å². The Bertz CT molecular complexity index is 277. The highest BCUT2D eigenvalue weighted by molar-refractivity contribution is 7.93. The van der Waals surface area contributed by atoms with Crippen molar-refractivity contribution in [1.29, 1.82) is 0 Å². The number of ether oxygens (including phenoxy) is 2. The smallest absolute Gasteiger partial charge is 0.408 e. The molecular weight excluding hydrogens is 258 g/mol. The Kier molecular flexibility index (Phi) is 7.77. The van der Waals surface area contributed by atoms with Gasteiger partial charge in [-0.15, -0.1) is 0 Å². The number of alkyl carbamates (subject to hydrolysis) is 1. The van der Waals surface area contributed by atoms with Gasteiger partial charge in [-0.3, -0.25) is 0 Å². The zero-order valence-electron chi connectivity index (χ0n) is 11.4. The summed E-state index contributed by atoms with van der Waals surface area (Å²) in [5, 5.41) is 2.46. The molecule has 0 aliphatic heterocycles. The number of rotatable bonds is 6. The Labute approximate surface area is 112 Å². The van der Waals surface area contributed by atoms with E-state index in [1.807, 2.05) is 0 Å². The molecule has 1 unspecified atom stereocenters. The number of nitrogens with one attached hydrogen (secondary N) is 1. The number of carbonyl (C=O) groups excluding carboxylic acids is 2. The number of carbonyl (C=O) groups is 2. The molecule has 0 spiro atoms. The largest absolute Gasteiger partial charge is 0.467 e. The normalized spacial score (nSPS) is 12.7. The summed E-state index contributed by atoms with van der Waals surface area (Å²) in [6.45, 7) is 5.57. The number of methoxy groups -OCH3 is 1. The van der Waals surface area contributed by atoms with Gasteiger partial charge in [0.15, 0.2) is 0 Å². The first kappa shape index (κ1) is 17.1. The quantitative estimate of drug-likeness (QED) is 0.453. The highest BCUT2D eigenvalue weighted by atomic mass is 32.2. The van der Waals surface area contributed by atoms with Crippen LogP contribution in [0, 0.1) is 0 Å². The summed E-state index contributed by atoms with van der Waals surface area (Å²) in [5.41, 5.74) is -0.611. The molecule has 0 aromatic rings. The molecule has 18 heavy (non-hydrogen) atoms. The molecule has 0 saturated heterocycles. The standard InChI is InChI=1S/C11H21NO5S/c1-11(2,3)17-10(14)12-8(9(13)15-4)6-7-16-18-5/h8H,6-7H2,1-5H3,(H,12,14). The zero-order chi connectivity index (χ0) is 14.2. The van der Waals surface area contributed by atoms with E-state index in [0.29, 0.717) is 13.0 Å². The molecule has 0 aromatic carbocycles. The molecule has 1 N–H and O–H groups in total. The van der Waals surface area contributed by atoms with Gasteiger partial charge in [0.2, 0.25) is 0 Å². The van der Waals surface area contributed by atoms with Crippen LogP contribution in [-0.4, -0.2) is 43.7 Å². The van der Waals surface area contributed by atoms with Crippen LogP contribution in [0.3, 0.4) is 0 Å². The topological polar surface area (TPSA) is 73.9 Å². The van der Waals surface area contributed by atoms with E-state index >= 15 is 0 Å². The predicted molar refractivity (Wildman–Crippen MR) is 69.3 cm³/mol. The van der Waals surface area contributed by atoms with Crippen molar-refractivity contribution < 1.29 is 23.2 Å². The van der Waals surface area contributed by atoms with Crippen molar-refractivity contribution in [1.82, 2.24) is 5.32 Å². The average Bonchev–Trinajstić information content (AvgIpc) is 2.24. The minimum absolute atomic E-state index is 0.326. The average molecular weight is 279 g/mol. The highest BCUT2D eigenvalue weighted by Crippen LogP contribution is 2.08. The molecular formula is C11H21NO5S. The van der Waals surface area contributed by atoms with Crippen molar-refractivity contribution >= 4 is 24.1 Å². The van der Waals surface area contributed by atoms with Crippen LogP contribution in [0.15, 0.2) is 0 Å². The first-order valence-corrected chi connectivity index (χ1v) is 6.68. The number of hydrogen-bond donors (Lipinski definition) is 1. The van der Waals surface area contributed by atoms with Crippen molar-refractivity contribution in [2.45, 2.75) is 38.8 Å². The maximum Gasteiger partial charge on any atom is 0.408 e. The zero-order valence-corrected chi connectivity index (χ0v) is 12.3. The second-order valence-electron chi connectivity index (χ2n) is 4.50. The minimum Gasteiger partial charge on any atom is -0.467 e. The van der Waals surface area contributed by atoms with Crippen LogP contribution < -0.4 is 5.32 Å². The lowest BCUT2D eigenvalue weighted by Crippen LogP contribution is -2.44. The lowest BCUT2D eigenvalue weighted by Gasteiger charge is -2.22. The van der Waals surface area contributed by atoms with Crippen molar-refractivity contribution in [3.8, 4) is 0 Å². The van der Waals surface area contributed by atoms with E-state index in [2.05, 4.69) is 10.1 Å². The molecule has 0 fully saturated rings. The van der Waals surface area contributed by atoms with Gasteiger partial charge in [0, 0.05) is 12.7 Å². The highest BCUT2D eigenvalue weighted by Gasteiger charge is 2.24. The van der Waals surface area contributed by atoms with Crippen LogP contribution in [-0.2, 0) is 18.5 Å². The maximum absolute atomic E-state index is 11.5. The predicted octanol–water partition coefficient (Wildman–Crippen LogP) is 1.74. The van der Waals surface area contributed by atoms with Crippen LogP contribution in [0.2, 0.25) is 0 Å². The summed E-state index contributed by atoms with van der Waals surface area (Å²) in [6.07, 6.45) is 1.45. The van der Waals surface area contributed by atoms with Crippen LogP contribution in [0.1, 0.15) is 27.2 Å². The Morgan fingerprint density at radius 1 is 1.33 bits per heavy atom. The fourth-order valence-electron chi connectivity index (χ4n) is 1.09. The van der Waals surface area contributed by atoms with Gasteiger partial charge in [-0.25, -0.2) is 9.59 Å². The van der Waals surface area contributed by atoms with Crippen LogP contribution in [0.4, 0.5) is 4.79 Å². The minimum atomic E-state index is -0.767. The molecule has 6 nitrogen and oxygen atoms in total. The molecule has 1 atom stereocenters. The maximum atomic E-state index is 11.5. The molecule has 106 valence electrons. The van der Waals surface area contributed by atoms with E-state index < -0.39 is 23.7 Å². The van der Waals surface area contributed by atoms with Gasteiger partial charge in [-0.2, -0.15) is 0 Å². The molecule has 0 radical (unpaired) electrons. The Balaban J connectivity index is 4.31. The molecule has 0 aliphatic carbocycles. The molecule has 0 heterocycles. The fraction of sp³-hybridized carbons (Fsp3) is 0.818. The van der Waals surface area contributed by atoms with Crippen molar-refractivity contribution in [3.63, 3.8) is 0 Å². The SMILES string of the molecule is COC(=O)C(CCOSC)NC(=O)OC(C)(C)C. The van der Waals surface area contributed by atoms with Gasteiger partial charge in [-0.05, 0) is 32.8 Å². The number of hydrogen-bond acceptors (Lipinski definition) is 6. The lowest BCUT2D eigenvalue weighted by atomic mass is 10.2. The third-order valence-corrected chi connectivity index (χ3v) is 2.19. The molecule has 0 aromatic heterocycles. The van der Waals surface area contributed by atoms with E-state index in [-0.39, 0.29) is 0 Å². The first-order valence-electron chi connectivity index (χ1n) is 5.53. The van der Waals surface area contributed by atoms with Gasteiger partial charge in [0.05, 0.1) is 13.7 Å². The summed E-state index contributed by atoms with van der Waals surface area (Å²) in [7, 11) is 1.27. The van der Waals surface area contributed by atoms with Gasteiger partial charge in [0.1, 0.15) is 11.6 Å². The Morgan fingerprint density at radius 3 is 2.39 bits per heavy atom. The summed E-state index contributed by atoms with van der Waals surface area (Å²) in [4.78, 5) is 23.0. The van der Waals surface area contributed by atoms with Gasteiger partial charge >= 0.3 is 12.1 Å². The summed E-state index contributed by atoms with van der Waals surface area (Å²) in [6, 6.07) is -0.767. The first-order chi connectivity index (χ1) is 8.30. The third-order valence-electron chi connectivity index (χ3n) is 1.78. The van der Waals surface area contributed by atoms with E-state index in [0.717, 1.165) is 0 Å². The Morgan fingerprint density at radius 2 is 1.94 bits per heavy atom. The van der Waals surface area contributed by atoms with Gasteiger partial charge in [-0.1, -0.05) is 0 Å². The van der Waals surface area contributed by atoms with Gasteiger partial charge in [0.25, 0.3) is 0 Å². The number of amides is 1. The second kappa shape index (κ2) is 8.20. The molecule has 0 rings (SSSR count). The number of esters is 1. The van der Waals surface area contributed by atoms with Crippen molar-refractivity contribution in [2.75, 3.05) is 20.0 Å². The summed E-state index contributed by atoms with van der Waals surface area (Å²) >= 11 is 1.20. The van der Waals surface area contributed by atoms with Crippen LogP contribution in [0.25, 0.3) is 0 Å². The summed E-state index contributed by atoms with van der Waals surface area (Å²) in [5.74, 6) is -0.523.